The Morgan fingerprint density at radius 2 is 2.14 bits per heavy atom. The van der Waals surface area contributed by atoms with Gasteiger partial charge in [0.25, 0.3) is 0 Å². The number of nitrogens with two attached hydrogens (primary N) is 1. The second-order valence-electron chi connectivity index (χ2n) is 5.14. The molecule has 0 spiro atoms. The topological polar surface area (TPSA) is 126 Å². The Labute approximate surface area is 122 Å². The number of rotatable bonds is 6. The number of amides is 1. The highest BCUT2D eigenvalue weighted by Gasteiger charge is 2.17. The van der Waals surface area contributed by atoms with Gasteiger partial charge in [0, 0.05) is 25.7 Å². The van der Waals surface area contributed by atoms with Crippen LogP contribution in [0, 0.1) is 0 Å². The average molecular weight is 296 g/mol. The minimum atomic E-state index is -1.12. The fourth-order valence-electron chi connectivity index (χ4n) is 2.19. The molecule has 1 aromatic heterocycles. The Morgan fingerprint density at radius 3 is 2.76 bits per heavy atom. The maximum absolute atomic E-state index is 11.8. The van der Waals surface area contributed by atoms with Crippen LogP contribution in [-0.4, -0.2) is 69.1 Å². The molecule has 2 heterocycles. The SMILES string of the molecule is NC1CCN(CC(=O)NCCn2cc(C(=O)O)nn2)CC1. The summed E-state index contributed by atoms with van der Waals surface area (Å²) in [6, 6.07) is 0.250. The monoisotopic (exact) mass is 296 g/mol. The van der Waals surface area contributed by atoms with E-state index in [0.717, 1.165) is 25.9 Å². The first-order valence-corrected chi connectivity index (χ1v) is 6.92. The Kier molecular flexibility index (Phi) is 5.23. The lowest BCUT2D eigenvalue weighted by Gasteiger charge is -2.29. The third kappa shape index (κ3) is 4.80. The first kappa shape index (κ1) is 15.4. The van der Waals surface area contributed by atoms with Crippen LogP contribution in [0.1, 0.15) is 23.3 Å². The van der Waals surface area contributed by atoms with Crippen LogP contribution in [0.5, 0.6) is 0 Å². The number of nitrogens with zero attached hydrogens (tertiary/aromatic N) is 4. The lowest BCUT2D eigenvalue weighted by Crippen LogP contribution is -2.44. The number of carboxylic acids is 1. The lowest BCUT2D eigenvalue weighted by molar-refractivity contribution is -0.122. The van der Waals surface area contributed by atoms with Crippen LogP contribution in [0.25, 0.3) is 0 Å². The minimum absolute atomic E-state index is 0.0518. The Bertz CT molecular complexity index is 495. The van der Waals surface area contributed by atoms with Crippen LogP contribution in [0.2, 0.25) is 0 Å². The van der Waals surface area contributed by atoms with Gasteiger partial charge in [-0.05, 0) is 12.8 Å². The van der Waals surface area contributed by atoms with Crippen molar-refractivity contribution in [2.45, 2.75) is 25.4 Å². The van der Waals surface area contributed by atoms with Crippen LogP contribution >= 0.6 is 0 Å². The van der Waals surface area contributed by atoms with Gasteiger partial charge in [-0.3, -0.25) is 9.69 Å². The Morgan fingerprint density at radius 1 is 1.43 bits per heavy atom. The third-order valence-corrected chi connectivity index (χ3v) is 3.42. The normalized spacial score (nSPS) is 16.8. The number of aromatic carboxylic acids is 1. The van der Waals surface area contributed by atoms with Crippen molar-refractivity contribution < 1.29 is 14.7 Å². The number of likely N-dealkylation sites (tertiary alicyclic amines) is 1. The van der Waals surface area contributed by atoms with E-state index in [-0.39, 0.29) is 17.6 Å². The number of piperidine rings is 1. The predicted octanol–water partition coefficient (Wildman–Crippen LogP) is -1.48. The molecule has 1 aliphatic rings. The summed E-state index contributed by atoms with van der Waals surface area (Å²) >= 11 is 0. The summed E-state index contributed by atoms with van der Waals surface area (Å²) in [5, 5.41) is 18.7. The molecule has 0 atom stereocenters. The van der Waals surface area contributed by atoms with Crippen molar-refractivity contribution in [3.05, 3.63) is 11.9 Å². The smallest absolute Gasteiger partial charge is 0.358 e. The maximum Gasteiger partial charge on any atom is 0.358 e. The number of aromatic nitrogens is 3. The van der Waals surface area contributed by atoms with Gasteiger partial charge in [0.1, 0.15) is 0 Å². The summed E-state index contributed by atoms with van der Waals surface area (Å²) in [4.78, 5) is 24.5. The van der Waals surface area contributed by atoms with E-state index in [0.29, 0.717) is 19.6 Å². The van der Waals surface area contributed by atoms with Crippen LogP contribution in [-0.2, 0) is 11.3 Å². The van der Waals surface area contributed by atoms with Crippen LogP contribution < -0.4 is 11.1 Å². The zero-order valence-electron chi connectivity index (χ0n) is 11.7. The molecule has 1 saturated heterocycles. The molecule has 9 nitrogen and oxygen atoms in total. The molecule has 116 valence electrons. The first-order chi connectivity index (χ1) is 10.0. The lowest BCUT2D eigenvalue weighted by atomic mass is 10.1. The number of carboxylic acid groups (broad SMARTS) is 1. The van der Waals surface area contributed by atoms with Crippen molar-refractivity contribution >= 4 is 11.9 Å². The quantitative estimate of drug-likeness (QED) is 0.584. The van der Waals surface area contributed by atoms with Crippen molar-refractivity contribution in [2.75, 3.05) is 26.2 Å². The van der Waals surface area contributed by atoms with Gasteiger partial charge >= 0.3 is 5.97 Å². The van der Waals surface area contributed by atoms with E-state index in [9.17, 15) is 9.59 Å². The molecule has 2 rings (SSSR count). The molecule has 1 aliphatic heterocycles. The van der Waals surface area contributed by atoms with Gasteiger partial charge in [0.05, 0.1) is 19.3 Å². The van der Waals surface area contributed by atoms with Crippen LogP contribution in [0.15, 0.2) is 6.20 Å². The van der Waals surface area contributed by atoms with Gasteiger partial charge in [-0.2, -0.15) is 0 Å². The molecule has 0 saturated carbocycles. The standard InChI is InChI=1S/C12H20N6O3/c13-9-1-4-17(5-2-9)8-11(19)14-3-6-18-7-10(12(20)21)15-16-18/h7,9H,1-6,8,13H2,(H,14,19)(H,20,21). The van der Waals surface area contributed by atoms with E-state index in [4.69, 9.17) is 10.8 Å². The van der Waals surface area contributed by atoms with Gasteiger partial charge in [-0.1, -0.05) is 5.21 Å². The van der Waals surface area contributed by atoms with Gasteiger partial charge in [0.2, 0.25) is 5.91 Å². The molecule has 1 amide bonds. The fraction of sp³-hybridized carbons (Fsp3) is 0.667. The van der Waals surface area contributed by atoms with Crippen molar-refractivity contribution in [2.24, 2.45) is 5.73 Å². The highest BCUT2D eigenvalue weighted by Crippen LogP contribution is 2.07. The van der Waals surface area contributed by atoms with Crippen molar-refractivity contribution in [1.29, 1.82) is 0 Å². The molecule has 1 aromatic rings. The van der Waals surface area contributed by atoms with E-state index in [1.54, 1.807) is 0 Å². The molecular weight excluding hydrogens is 276 g/mol. The largest absolute Gasteiger partial charge is 0.476 e. The van der Waals surface area contributed by atoms with Gasteiger partial charge < -0.3 is 16.2 Å². The highest BCUT2D eigenvalue weighted by atomic mass is 16.4. The zero-order chi connectivity index (χ0) is 15.2. The molecule has 21 heavy (non-hydrogen) atoms. The summed E-state index contributed by atoms with van der Waals surface area (Å²) < 4.78 is 1.39. The minimum Gasteiger partial charge on any atom is -0.476 e. The zero-order valence-corrected chi connectivity index (χ0v) is 11.7. The molecule has 0 aromatic carbocycles. The van der Waals surface area contributed by atoms with E-state index < -0.39 is 5.97 Å². The average Bonchev–Trinajstić information content (AvgIpc) is 2.90. The fourth-order valence-corrected chi connectivity index (χ4v) is 2.19. The van der Waals surface area contributed by atoms with Crippen molar-refractivity contribution in [1.82, 2.24) is 25.2 Å². The molecule has 4 N–H and O–H groups in total. The van der Waals surface area contributed by atoms with Crippen LogP contribution in [0.3, 0.4) is 0 Å². The number of nitrogens with one attached hydrogen (secondary N) is 1. The number of carbonyl (C=O) groups is 2. The van der Waals surface area contributed by atoms with Crippen LogP contribution in [0.4, 0.5) is 0 Å². The Hall–Kier alpha value is -2.00. The molecule has 0 aliphatic carbocycles. The molecule has 9 heteroatoms. The third-order valence-electron chi connectivity index (χ3n) is 3.42. The highest BCUT2D eigenvalue weighted by molar-refractivity contribution is 5.84. The maximum atomic E-state index is 11.8. The van der Waals surface area contributed by atoms with Crippen molar-refractivity contribution in [3.63, 3.8) is 0 Å². The second kappa shape index (κ2) is 7.14. The van der Waals surface area contributed by atoms with Gasteiger partial charge in [-0.25, -0.2) is 9.48 Å². The summed E-state index contributed by atoms with van der Waals surface area (Å²) in [6.45, 7) is 2.83. The van der Waals surface area contributed by atoms with Gasteiger partial charge in [-0.15, -0.1) is 5.10 Å². The van der Waals surface area contributed by atoms with E-state index in [1.807, 2.05) is 0 Å². The first-order valence-electron chi connectivity index (χ1n) is 6.92. The molecule has 0 bridgehead atoms. The summed E-state index contributed by atoms with van der Waals surface area (Å²) in [7, 11) is 0. The predicted molar refractivity (Wildman–Crippen MR) is 73.6 cm³/mol. The molecule has 0 unspecified atom stereocenters. The van der Waals surface area contributed by atoms with E-state index in [2.05, 4.69) is 20.5 Å². The number of hydrogen-bond donors (Lipinski definition) is 3. The summed E-state index contributed by atoms with van der Waals surface area (Å²) in [5.74, 6) is -1.17. The van der Waals surface area contributed by atoms with Crippen molar-refractivity contribution in [3.8, 4) is 0 Å². The molecular formula is C12H20N6O3. The summed E-state index contributed by atoms with van der Waals surface area (Å²) in [6.07, 6.45) is 3.18. The van der Waals surface area contributed by atoms with E-state index in [1.165, 1.54) is 10.9 Å². The number of carbonyl (C=O) groups excluding carboxylic acids is 1. The van der Waals surface area contributed by atoms with Gasteiger partial charge in [0.15, 0.2) is 5.69 Å². The summed E-state index contributed by atoms with van der Waals surface area (Å²) in [5.41, 5.74) is 5.71. The molecule has 1 fully saturated rings. The number of hydrogen-bond acceptors (Lipinski definition) is 6. The van der Waals surface area contributed by atoms with E-state index >= 15 is 0 Å². The molecule has 0 radical (unpaired) electrons. The Balaban J connectivity index is 1.65. The second-order valence-corrected chi connectivity index (χ2v) is 5.14.